The lowest BCUT2D eigenvalue weighted by atomic mass is 10.0. The zero-order chi connectivity index (χ0) is 27.5. The summed E-state index contributed by atoms with van der Waals surface area (Å²) in [6, 6.07) is 7.96. The number of carbonyl (C=O) groups is 2. The summed E-state index contributed by atoms with van der Waals surface area (Å²) in [6.45, 7) is 2.60. The van der Waals surface area contributed by atoms with Crippen molar-refractivity contribution in [2.24, 2.45) is 5.92 Å². The average molecular weight is 543 g/mol. The molecule has 0 bridgehead atoms. The molecule has 1 saturated carbocycles. The van der Waals surface area contributed by atoms with Gasteiger partial charge in [-0.25, -0.2) is 9.97 Å². The third-order valence-corrected chi connectivity index (χ3v) is 7.19. The maximum atomic E-state index is 10.7. The molecule has 5 rings (SSSR count). The predicted molar refractivity (Wildman–Crippen MR) is 154 cm³/mol. The molecule has 2 fully saturated rings. The second kappa shape index (κ2) is 14.7. The number of hydrogen-bond donors (Lipinski definition) is 2. The van der Waals surface area contributed by atoms with Crippen molar-refractivity contribution < 1.29 is 14.0 Å². The molecule has 1 unspecified atom stereocenters. The Labute approximate surface area is 229 Å². The number of furan rings is 1. The second-order valence-electron chi connectivity index (χ2n) is 9.82. The summed E-state index contributed by atoms with van der Waals surface area (Å²) in [4.78, 5) is 34.1. The van der Waals surface area contributed by atoms with E-state index >= 15 is 0 Å². The maximum Gasteiger partial charge on any atom is 0.192 e. The molecule has 2 aliphatic rings. The fraction of sp³-hybridized carbons (Fsp3) is 0.500. The minimum atomic E-state index is 0.133. The summed E-state index contributed by atoms with van der Waals surface area (Å²) < 4.78 is 5.21. The van der Waals surface area contributed by atoms with Gasteiger partial charge in [-0.3, -0.25) is 4.79 Å². The van der Waals surface area contributed by atoms with Crippen LogP contribution in [-0.2, 0) is 4.79 Å². The van der Waals surface area contributed by atoms with Gasteiger partial charge >= 0.3 is 0 Å². The van der Waals surface area contributed by atoms with E-state index < -0.39 is 0 Å². The molecule has 3 aromatic rings. The van der Waals surface area contributed by atoms with E-state index in [2.05, 4.69) is 20.2 Å². The van der Waals surface area contributed by atoms with Crippen molar-refractivity contribution in [3.63, 3.8) is 0 Å². The third-order valence-electron chi connectivity index (χ3n) is 6.97. The maximum absolute atomic E-state index is 10.7. The standard InChI is InChI=1S/C12H21NO.C10H11N3O2.C6H7ClN2/c14-10-11-4-3-5-12(7-6-11)13-8-1-2-9-13;1-13(2)8-4-3-6-10(12-8)9(11)7(5-14)15-6;1-8-6-3-2-5(7)4-9-6/h10-12H,1-9H2;3-5H,11H2,1-2H3;2-4H,1H3,(H,8,9)/t11-,12?;;/m1../s1. The molecular weight excluding hydrogens is 504 g/mol. The fourth-order valence-electron chi connectivity index (χ4n) is 4.78. The highest BCUT2D eigenvalue weighted by Gasteiger charge is 2.25. The number of pyridine rings is 2. The van der Waals surface area contributed by atoms with Crippen LogP contribution in [0.5, 0.6) is 0 Å². The molecule has 0 spiro atoms. The average Bonchev–Trinajstić information content (AvgIpc) is 3.51. The van der Waals surface area contributed by atoms with E-state index in [0.717, 1.165) is 30.5 Å². The van der Waals surface area contributed by atoms with Gasteiger partial charge in [0.05, 0.1) is 5.02 Å². The van der Waals surface area contributed by atoms with Gasteiger partial charge in [-0.05, 0) is 75.9 Å². The van der Waals surface area contributed by atoms with Crippen molar-refractivity contribution >= 4 is 52.6 Å². The number of nitrogens with two attached hydrogens (primary N) is 1. The number of aldehydes is 2. The minimum Gasteiger partial charge on any atom is -0.449 e. The summed E-state index contributed by atoms with van der Waals surface area (Å²) in [5.41, 5.74) is 7.07. The monoisotopic (exact) mass is 542 g/mol. The van der Waals surface area contributed by atoms with Crippen LogP contribution in [0.15, 0.2) is 34.9 Å². The van der Waals surface area contributed by atoms with Crippen LogP contribution in [0, 0.1) is 5.92 Å². The lowest BCUT2D eigenvalue weighted by molar-refractivity contribution is -0.111. The molecule has 0 radical (unpaired) electrons. The Kier molecular flexibility index (Phi) is 11.4. The van der Waals surface area contributed by atoms with Gasteiger partial charge < -0.3 is 30.1 Å². The Balaban J connectivity index is 0.000000163. The van der Waals surface area contributed by atoms with Crippen molar-refractivity contribution in [1.82, 2.24) is 14.9 Å². The van der Waals surface area contributed by atoms with Gasteiger partial charge in [0.2, 0.25) is 0 Å². The number of likely N-dealkylation sites (tertiary alicyclic amines) is 1. The number of aromatic nitrogens is 2. The van der Waals surface area contributed by atoms with Gasteiger partial charge in [-0.15, -0.1) is 0 Å². The molecule has 4 heterocycles. The molecule has 3 aromatic heterocycles. The Morgan fingerprint density at radius 3 is 2.45 bits per heavy atom. The van der Waals surface area contributed by atoms with Crippen LogP contribution in [0.2, 0.25) is 5.02 Å². The number of nitrogens with one attached hydrogen (secondary N) is 1. The predicted octanol–water partition coefficient (Wildman–Crippen LogP) is 5.30. The highest BCUT2D eigenvalue weighted by molar-refractivity contribution is 6.30. The van der Waals surface area contributed by atoms with Gasteiger partial charge in [0, 0.05) is 39.3 Å². The number of rotatable bonds is 5. The van der Waals surface area contributed by atoms with Crippen molar-refractivity contribution in [3.05, 3.63) is 41.2 Å². The molecule has 3 N–H and O–H groups in total. The number of halogens is 1. The number of nitrogen functional groups attached to an aromatic ring is 1. The number of anilines is 3. The normalized spacial score (nSPS) is 19.4. The van der Waals surface area contributed by atoms with Crippen LogP contribution >= 0.6 is 11.6 Å². The molecule has 1 aliphatic carbocycles. The van der Waals surface area contributed by atoms with E-state index in [-0.39, 0.29) is 5.76 Å². The van der Waals surface area contributed by atoms with E-state index in [0.29, 0.717) is 34.0 Å². The van der Waals surface area contributed by atoms with Crippen molar-refractivity contribution in [2.75, 3.05) is 50.2 Å². The number of nitrogens with zero attached hydrogens (tertiary/aromatic N) is 4. The molecule has 0 amide bonds. The van der Waals surface area contributed by atoms with Crippen molar-refractivity contribution in [2.45, 2.75) is 51.0 Å². The van der Waals surface area contributed by atoms with Crippen LogP contribution in [0.3, 0.4) is 0 Å². The lowest BCUT2D eigenvalue weighted by Gasteiger charge is -2.26. The first kappa shape index (κ1) is 29.4. The quantitative estimate of drug-likeness (QED) is 0.327. The topological polar surface area (TPSA) is 118 Å². The van der Waals surface area contributed by atoms with E-state index in [1.807, 2.05) is 32.1 Å². The second-order valence-corrected chi connectivity index (χ2v) is 10.3. The highest BCUT2D eigenvalue weighted by atomic mass is 35.5. The Morgan fingerprint density at radius 2 is 1.84 bits per heavy atom. The molecule has 9 nitrogen and oxygen atoms in total. The number of carbonyl (C=O) groups excluding carboxylic acids is 2. The van der Waals surface area contributed by atoms with Crippen molar-refractivity contribution in [1.29, 1.82) is 0 Å². The molecule has 10 heteroatoms. The van der Waals surface area contributed by atoms with E-state index in [4.69, 9.17) is 21.8 Å². The summed E-state index contributed by atoms with van der Waals surface area (Å²) in [7, 11) is 5.58. The first-order valence-electron chi connectivity index (χ1n) is 13.2. The van der Waals surface area contributed by atoms with Gasteiger partial charge in [-0.2, -0.15) is 0 Å². The number of hydrogen-bond acceptors (Lipinski definition) is 9. The van der Waals surface area contributed by atoms with Crippen molar-refractivity contribution in [3.8, 4) is 0 Å². The smallest absolute Gasteiger partial charge is 0.192 e. The Bertz CT molecular complexity index is 1160. The van der Waals surface area contributed by atoms with E-state index in [1.165, 1.54) is 51.5 Å². The van der Waals surface area contributed by atoms with Gasteiger partial charge in [-0.1, -0.05) is 18.0 Å². The molecule has 0 aromatic carbocycles. The zero-order valence-electron chi connectivity index (χ0n) is 22.5. The Hall–Kier alpha value is -3.17. The Morgan fingerprint density at radius 1 is 1.08 bits per heavy atom. The summed E-state index contributed by atoms with van der Waals surface area (Å²) >= 11 is 5.58. The van der Waals surface area contributed by atoms with Crippen LogP contribution < -0.4 is 16.0 Å². The molecule has 1 aliphatic heterocycles. The lowest BCUT2D eigenvalue weighted by Crippen LogP contribution is -2.32. The molecule has 1 saturated heterocycles. The van der Waals surface area contributed by atoms with Gasteiger partial charge in [0.25, 0.3) is 0 Å². The van der Waals surface area contributed by atoms with Gasteiger partial charge in [0.15, 0.2) is 17.6 Å². The molecular formula is C28H39ClN6O3. The van der Waals surface area contributed by atoms with E-state index in [9.17, 15) is 9.59 Å². The van der Waals surface area contributed by atoms with Crippen LogP contribution in [0.1, 0.15) is 55.5 Å². The van der Waals surface area contributed by atoms with Crippen LogP contribution in [-0.4, -0.2) is 67.7 Å². The zero-order valence-corrected chi connectivity index (χ0v) is 23.3. The first-order chi connectivity index (χ1) is 18.4. The molecule has 206 valence electrons. The SMILES string of the molecule is CN(C)c1ccc2oc(C=O)c(N)c2n1.CNc1ccc(Cl)cn1.O=C[C@@H]1CCCC(N2CCCC2)CC1. The largest absolute Gasteiger partial charge is 0.449 e. The van der Waals surface area contributed by atoms with E-state index in [1.54, 1.807) is 24.4 Å². The molecule has 2 atom stereocenters. The van der Waals surface area contributed by atoms with Gasteiger partial charge in [0.1, 0.15) is 29.1 Å². The first-order valence-corrected chi connectivity index (χ1v) is 13.5. The summed E-state index contributed by atoms with van der Waals surface area (Å²) in [6.07, 6.45) is 12.2. The van der Waals surface area contributed by atoms with Crippen LogP contribution in [0.25, 0.3) is 11.1 Å². The third kappa shape index (κ3) is 8.16. The summed E-state index contributed by atoms with van der Waals surface area (Å²) in [5, 5.41) is 3.55. The molecule has 38 heavy (non-hydrogen) atoms. The number of fused-ring (bicyclic) bond motifs is 1. The van der Waals surface area contributed by atoms with Crippen LogP contribution in [0.4, 0.5) is 17.3 Å². The summed E-state index contributed by atoms with van der Waals surface area (Å²) in [5.74, 6) is 2.10. The fourth-order valence-corrected chi connectivity index (χ4v) is 4.89. The minimum absolute atomic E-state index is 0.133. The highest BCUT2D eigenvalue weighted by Crippen LogP contribution is 2.28.